The fourth-order valence-electron chi connectivity index (χ4n) is 4.09. The van der Waals surface area contributed by atoms with Crippen molar-refractivity contribution in [2.45, 2.75) is 63.3 Å². The summed E-state index contributed by atoms with van der Waals surface area (Å²) in [6, 6.07) is 12.7. The zero-order valence-corrected chi connectivity index (χ0v) is 15.1. The molecule has 1 saturated carbocycles. The van der Waals surface area contributed by atoms with Gasteiger partial charge in [0.25, 0.3) is 0 Å². The van der Waals surface area contributed by atoms with Crippen LogP contribution in [0.3, 0.4) is 0 Å². The second kappa shape index (κ2) is 7.55. The lowest BCUT2D eigenvalue weighted by molar-refractivity contribution is -0.133. The van der Waals surface area contributed by atoms with Crippen molar-refractivity contribution in [3.8, 4) is 6.07 Å². The second-order valence-corrected chi connectivity index (χ2v) is 7.38. The highest BCUT2D eigenvalue weighted by Gasteiger charge is 2.38. The minimum atomic E-state index is -0.658. The van der Waals surface area contributed by atoms with Gasteiger partial charge in [-0.3, -0.25) is 9.69 Å². The molecular formula is C20H27N3O2. The lowest BCUT2D eigenvalue weighted by Gasteiger charge is -2.43. The van der Waals surface area contributed by atoms with Crippen molar-refractivity contribution in [3.05, 3.63) is 35.9 Å². The summed E-state index contributed by atoms with van der Waals surface area (Å²) in [4.78, 5) is 14.8. The summed E-state index contributed by atoms with van der Waals surface area (Å²) < 4.78 is 6.05. The fraction of sp³-hybridized carbons (Fsp3) is 0.600. The minimum Gasteiger partial charge on any atom is -0.370 e. The molecule has 1 aromatic rings. The van der Waals surface area contributed by atoms with Gasteiger partial charge in [-0.1, -0.05) is 30.3 Å². The SMILES string of the molecule is C[C@@H]1CO[C@@H](c2ccccc2)[C@H](C)N1CC(=O)NC1(C#N)CCCC1. The van der Waals surface area contributed by atoms with Crippen molar-refractivity contribution < 1.29 is 9.53 Å². The van der Waals surface area contributed by atoms with Crippen molar-refractivity contribution in [1.82, 2.24) is 10.2 Å². The molecule has 134 valence electrons. The van der Waals surface area contributed by atoms with E-state index in [-0.39, 0.29) is 24.1 Å². The van der Waals surface area contributed by atoms with Crippen LogP contribution in [0, 0.1) is 11.3 Å². The van der Waals surface area contributed by atoms with Crippen LogP contribution in [0.2, 0.25) is 0 Å². The number of rotatable bonds is 4. The molecule has 1 amide bonds. The highest BCUT2D eigenvalue weighted by Crippen LogP contribution is 2.31. The van der Waals surface area contributed by atoms with E-state index in [0.29, 0.717) is 13.2 Å². The van der Waals surface area contributed by atoms with E-state index in [1.807, 2.05) is 18.2 Å². The molecule has 0 radical (unpaired) electrons. The van der Waals surface area contributed by atoms with Gasteiger partial charge in [0.2, 0.25) is 5.91 Å². The van der Waals surface area contributed by atoms with Crippen LogP contribution < -0.4 is 5.32 Å². The molecule has 2 aliphatic rings. The number of carbonyl (C=O) groups excluding carboxylic acids is 1. The van der Waals surface area contributed by atoms with Gasteiger partial charge in [-0.15, -0.1) is 0 Å². The Morgan fingerprint density at radius 2 is 2.00 bits per heavy atom. The van der Waals surface area contributed by atoms with Gasteiger partial charge in [-0.25, -0.2) is 0 Å². The quantitative estimate of drug-likeness (QED) is 0.914. The van der Waals surface area contributed by atoms with Crippen molar-refractivity contribution in [3.63, 3.8) is 0 Å². The number of nitriles is 1. The third-order valence-corrected chi connectivity index (χ3v) is 5.55. The van der Waals surface area contributed by atoms with Gasteiger partial charge in [0.1, 0.15) is 5.54 Å². The first-order valence-electron chi connectivity index (χ1n) is 9.19. The molecule has 0 spiro atoms. The standard InChI is InChI=1S/C20H27N3O2/c1-15-13-25-19(17-8-4-3-5-9-17)16(2)23(15)12-18(24)22-20(14-21)10-6-7-11-20/h3-5,8-9,15-16,19H,6-7,10-13H2,1-2H3,(H,22,24)/t15-,16+,19-/m1/s1. The Bertz CT molecular complexity index is 634. The van der Waals surface area contributed by atoms with Crippen LogP contribution in [0.1, 0.15) is 51.2 Å². The second-order valence-electron chi connectivity index (χ2n) is 7.38. The van der Waals surface area contributed by atoms with Gasteiger partial charge in [0.05, 0.1) is 25.3 Å². The van der Waals surface area contributed by atoms with E-state index < -0.39 is 5.54 Å². The molecule has 25 heavy (non-hydrogen) atoms. The number of ether oxygens (including phenoxy) is 1. The lowest BCUT2D eigenvalue weighted by atomic mass is 9.98. The van der Waals surface area contributed by atoms with Crippen molar-refractivity contribution in [1.29, 1.82) is 5.26 Å². The van der Waals surface area contributed by atoms with Gasteiger partial charge in [-0.2, -0.15) is 5.26 Å². The van der Waals surface area contributed by atoms with E-state index in [1.54, 1.807) is 0 Å². The van der Waals surface area contributed by atoms with Crippen LogP contribution in [0.5, 0.6) is 0 Å². The van der Waals surface area contributed by atoms with E-state index in [0.717, 1.165) is 31.2 Å². The average molecular weight is 341 g/mol. The smallest absolute Gasteiger partial charge is 0.235 e. The Morgan fingerprint density at radius 3 is 2.64 bits per heavy atom. The van der Waals surface area contributed by atoms with E-state index in [4.69, 9.17) is 4.74 Å². The molecule has 0 unspecified atom stereocenters. The third-order valence-electron chi connectivity index (χ3n) is 5.55. The van der Waals surface area contributed by atoms with Crippen LogP contribution >= 0.6 is 0 Å². The molecule has 0 bridgehead atoms. The molecule has 5 heteroatoms. The number of amides is 1. The third kappa shape index (κ3) is 3.86. The van der Waals surface area contributed by atoms with Gasteiger partial charge < -0.3 is 10.1 Å². The normalized spacial score (nSPS) is 29.1. The molecule has 1 aliphatic carbocycles. The van der Waals surface area contributed by atoms with Gasteiger partial charge >= 0.3 is 0 Å². The van der Waals surface area contributed by atoms with Crippen LogP contribution in [0.25, 0.3) is 0 Å². The topological polar surface area (TPSA) is 65.4 Å². The molecule has 3 rings (SSSR count). The predicted molar refractivity (Wildman–Crippen MR) is 95.7 cm³/mol. The molecule has 2 fully saturated rings. The van der Waals surface area contributed by atoms with Gasteiger partial charge in [0, 0.05) is 12.1 Å². The first kappa shape index (κ1) is 17.9. The number of hydrogen-bond acceptors (Lipinski definition) is 4. The average Bonchev–Trinajstić information content (AvgIpc) is 3.08. The molecule has 1 heterocycles. The summed E-state index contributed by atoms with van der Waals surface area (Å²) in [6.07, 6.45) is 3.50. The number of carbonyl (C=O) groups is 1. The zero-order valence-electron chi connectivity index (χ0n) is 15.1. The van der Waals surface area contributed by atoms with Gasteiger partial charge in [0.15, 0.2) is 0 Å². The molecule has 5 nitrogen and oxygen atoms in total. The highest BCUT2D eigenvalue weighted by atomic mass is 16.5. The van der Waals surface area contributed by atoms with Crippen LogP contribution in [0.4, 0.5) is 0 Å². The molecule has 1 aliphatic heterocycles. The molecule has 1 saturated heterocycles. The van der Waals surface area contributed by atoms with E-state index in [1.165, 1.54) is 0 Å². The molecule has 1 N–H and O–H groups in total. The Hall–Kier alpha value is -1.90. The summed E-state index contributed by atoms with van der Waals surface area (Å²) in [5, 5.41) is 12.5. The van der Waals surface area contributed by atoms with E-state index in [9.17, 15) is 10.1 Å². The Balaban J connectivity index is 1.67. The Kier molecular flexibility index (Phi) is 5.41. The number of benzene rings is 1. The maximum atomic E-state index is 12.6. The lowest BCUT2D eigenvalue weighted by Crippen LogP contribution is -2.56. The minimum absolute atomic E-state index is 0.0402. The molecule has 3 atom stereocenters. The summed E-state index contributed by atoms with van der Waals surface area (Å²) in [5.41, 5.74) is 0.478. The number of morpholine rings is 1. The Labute approximate surface area is 150 Å². The van der Waals surface area contributed by atoms with Crippen LogP contribution in [-0.2, 0) is 9.53 Å². The number of nitrogens with one attached hydrogen (secondary N) is 1. The summed E-state index contributed by atoms with van der Waals surface area (Å²) >= 11 is 0. The molecule has 0 aromatic heterocycles. The largest absolute Gasteiger partial charge is 0.370 e. The van der Waals surface area contributed by atoms with Crippen LogP contribution in [0.15, 0.2) is 30.3 Å². The summed E-state index contributed by atoms with van der Waals surface area (Å²) in [5.74, 6) is -0.0594. The molecular weight excluding hydrogens is 314 g/mol. The predicted octanol–water partition coefficient (Wildman–Crippen LogP) is 2.79. The highest BCUT2D eigenvalue weighted by molar-refractivity contribution is 5.79. The van der Waals surface area contributed by atoms with E-state index in [2.05, 4.69) is 42.3 Å². The fourth-order valence-corrected chi connectivity index (χ4v) is 4.09. The Morgan fingerprint density at radius 1 is 1.32 bits per heavy atom. The molecule has 1 aromatic carbocycles. The first-order chi connectivity index (χ1) is 12.0. The van der Waals surface area contributed by atoms with Crippen molar-refractivity contribution in [2.24, 2.45) is 0 Å². The maximum absolute atomic E-state index is 12.6. The van der Waals surface area contributed by atoms with Crippen molar-refractivity contribution in [2.75, 3.05) is 13.2 Å². The number of nitrogens with zero attached hydrogens (tertiary/aromatic N) is 2. The van der Waals surface area contributed by atoms with Crippen molar-refractivity contribution >= 4 is 5.91 Å². The van der Waals surface area contributed by atoms with Crippen LogP contribution in [-0.4, -0.2) is 41.6 Å². The zero-order chi connectivity index (χ0) is 17.9. The maximum Gasteiger partial charge on any atom is 0.235 e. The van der Waals surface area contributed by atoms with Gasteiger partial charge in [-0.05, 0) is 45.1 Å². The number of hydrogen-bond donors (Lipinski definition) is 1. The summed E-state index contributed by atoms with van der Waals surface area (Å²) in [7, 11) is 0. The monoisotopic (exact) mass is 341 g/mol. The first-order valence-corrected chi connectivity index (χ1v) is 9.19. The van der Waals surface area contributed by atoms with E-state index >= 15 is 0 Å². The summed E-state index contributed by atoms with van der Waals surface area (Å²) in [6.45, 7) is 5.09.